The average molecular weight is 544 g/mol. The summed E-state index contributed by atoms with van der Waals surface area (Å²) in [6, 6.07) is 19.7. The highest BCUT2D eigenvalue weighted by Crippen LogP contribution is 2.48. The van der Waals surface area contributed by atoms with Gasteiger partial charge in [-0.3, -0.25) is 4.57 Å². The molecule has 0 amide bonds. The highest BCUT2D eigenvalue weighted by molar-refractivity contribution is 6.12. The molecule has 0 N–H and O–H groups in total. The van der Waals surface area contributed by atoms with E-state index in [0.29, 0.717) is 12.5 Å². The lowest BCUT2D eigenvalue weighted by atomic mass is 9.75. The van der Waals surface area contributed by atoms with E-state index in [1.165, 1.54) is 33.0 Å². The number of fused-ring (bicyclic) bond motifs is 5. The summed E-state index contributed by atoms with van der Waals surface area (Å²) in [4.78, 5) is 9.81. The number of aromatic nitrogens is 2. The smallest absolute Gasteiger partial charge is 0.216 e. The number of pyridine rings is 1. The van der Waals surface area contributed by atoms with Gasteiger partial charge in [0.2, 0.25) is 5.90 Å². The van der Waals surface area contributed by atoms with Crippen molar-refractivity contribution in [3.05, 3.63) is 94.2 Å². The van der Waals surface area contributed by atoms with Crippen molar-refractivity contribution < 1.29 is 9.47 Å². The van der Waals surface area contributed by atoms with E-state index < -0.39 is 0 Å². The second-order valence-corrected chi connectivity index (χ2v) is 13.4. The Balaban J connectivity index is 1.38. The molecule has 5 heteroatoms. The predicted molar refractivity (Wildman–Crippen MR) is 167 cm³/mol. The van der Waals surface area contributed by atoms with Gasteiger partial charge in [0, 0.05) is 39.6 Å². The largest absolute Gasteiger partial charge is 0.475 e. The van der Waals surface area contributed by atoms with Gasteiger partial charge in [-0.25, -0.2) is 9.98 Å². The van der Waals surface area contributed by atoms with E-state index >= 15 is 0 Å². The van der Waals surface area contributed by atoms with Crippen LogP contribution in [0, 0.1) is 26.2 Å². The van der Waals surface area contributed by atoms with Crippen LogP contribution in [0.5, 0.6) is 11.5 Å². The van der Waals surface area contributed by atoms with E-state index in [2.05, 4.69) is 102 Å². The zero-order chi connectivity index (χ0) is 28.8. The molecule has 0 radical (unpaired) electrons. The maximum absolute atomic E-state index is 6.64. The molecule has 0 unspecified atom stereocenters. The van der Waals surface area contributed by atoms with Gasteiger partial charge < -0.3 is 9.47 Å². The van der Waals surface area contributed by atoms with E-state index in [1.807, 2.05) is 18.3 Å². The van der Waals surface area contributed by atoms with E-state index in [1.54, 1.807) is 0 Å². The van der Waals surface area contributed by atoms with Crippen molar-refractivity contribution in [2.45, 2.75) is 66.8 Å². The lowest BCUT2D eigenvalue weighted by Crippen LogP contribution is -2.27. The van der Waals surface area contributed by atoms with Gasteiger partial charge in [-0.2, -0.15) is 0 Å². The van der Waals surface area contributed by atoms with Gasteiger partial charge in [-0.1, -0.05) is 52.3 Å². The zero-order valence-corrected chi connectivity index (χ0v) is 25.2. The Morgan fingerprint density at radius 3 is 2.46 bits per heavy atom. The first kappa shape index (κ1) is 25.8. The number of hydrogen-bond acceptors (Lipinski definition) is 4. The Morgan fingerprint density at radius 1 is 0.927 bits per heavy atom. The number of aliphatic imine (C=N–C) groups is 1. The minimum Gasteiger partial charge on any atom is -0.475 e. The quantitative estimate of drug-likeness (QED) is 0.229. The summed E-state index contributed by atoms with van der Waals surface area (Å²) in [5.41, 5.74) is 9.22. The second kappa shape index (κ2) is 8.69. The van der Waals surface area contributed by atoms with Crippen LogP contribution in [0.1, 0.15) is 68.0 Å². The minimum absolute atomic E-state index is 0.0551. The monoisotopic (exact) mass is 543 g/mol. The third-order valence-electron chi connectivity index (χ3n) is 8.82. The van der Waals surface area contributed by atoms with Crippen molar-refractivity contribution in [1.29, 1.82) is 0 Å². The standard InChI is InChI=1S/C36H37N3O2/c1-20-12-23(34-38-31(19-40-34)35(4,5)6)17-24(13-20)41-30-18-29-25(16-22(30)3)26-14-21(2)15-28-32(26)39(29)33-27(36(28,7)8)10-9-11-37-33/h9-18,31H,19H2,1-8H3/t31-/m0/s1. The van der Waals surface area contributed by atoms with Crippen LogP contribution in [0.3, 0.4) is 0 Å². The Hall–Kier alpha value is -4.12. The van der Waals surface area contributed by atoms with Gasteiger partial charge in [0.25, 0.3) is 0 Å². The Morgan fingerprint density at radius 2 is 1.71 bits per heavy atom. The van der Waals surface area contributed by atoms with E-state index in [-0.39, 0.29) is 16.9 Å². The maximum Gasteiger partial charge on any atom is 0.216 e. The third kappa shape index (κ3) is 3.97. The van der Waals surface area contributed by atoms with Crippen molar-refractivity contribution >= 4 is 27.7 Å². The van der Waals surface area contributed by atoms with Gasteiger partial charge in [-0.15, -0.1) is 0 Å². The molecule has 208 valence electrons. The summed E-state index contributed by atoms with van der Waals surface area (Å²) in [6.45, 7) is 18.2. The molecule has 0 aliphatic carbocycles. The van der Waals surface area contributed by atoms with Gasteiger partial charge in [0.1, 0.15) is 23.9 Å². The highest BCUT2D eigenvalue weighted by atomic mass is 16.5. The molecule has 0 bridgehead atoms. The number of aryl methyl sites for hydroxylation is 3. The van der Waals surface area contributed by atoms with Crippen molar-refractivity contribution in [3.8, 4) is 17.3 Å². The Labute approximate surface area is 241 Å². The average Bonchev–Trinajstić information content (AvgIpc) is 3.52. The van der Waals surface area contributed by atoms with Gasteiger partial charge in [-0.05, 0) is 79.3 Å². The predicted octanol–water partition coefficient (Wildman–Crippen LogP) is 8.73. The fraction of sp³-hybridized carbons (Fsp3) is 0.333. The fourth-order valence-corrected chi connectivity index (χ4v) is 6.47. The van der Waals surface area contributed by atoms with Crippen LogP contribution in [0.2, 0.25) is 0 Å². The third-order valence-corrected chi connectivity index (χ3v) is 8.82. The van der Waals surface area contributed by atoms with Crippen LogP contribution in [0.4, 0.5) is 0 Å². The molecule has 2 aromatic heterocycles. The molecular weight excluding hydrogens is 506 g/mol. The van der Waals surface area contributed by atoms with Crippen molar-refractivity contribution in [2.75, 3.05) is 6.61 Å². The van der Waals surface area contributed by atoms with Crippen LogP contribution in [-0.2, 0) is 10.2 Å². The fourth-order valence-electron chi connectivity index (χ4n) is 6.47. The molecule has 2 aliphatic heterocycles. The normalized spacial score (nSPS) is 17.5. The van der Waals surface area contributed by atoms with Gasteiger partial charge in [0.05, 0.1) is 17.1 Å². The summed E-state index contributed by atoms with van der Waals surface area (Å²) in [5, 5.41) is 2.48. The summed E-state index contributed by atoms with van der Waals surface area (Å²) in [7, 11) is 0. The topological polar surface area (TPSA) is 48.6 Å². The van der Waals surface area contributed by atoms with E-state index in [4.69, 9.17) is 19.5 Å². The van der Waals surface area contributed by atoms with Crippen molar-refractivity contribution in [3.63, 3.8) is 0 Å². The Kier molecular flexibility index (Phi) is 5.47. The molecule has 41 heavy (non-hydrogen) atoms. The first-order valence-corrected chi connectivity index (χ1v) is 14.5. The summed E-state index contributed by atoms with van der Waals surface area (Å²) >= 11 is 0. The molecule has 5 aromatic rings. The molecule has 0 spiro atoms. The van der Waals surface area contributed by atoms with Crippen LogP contribution in [0.25, 0.3) is 27.6 Å². The van der Waals surface area contributed by atoms with Crippen LogP contribution in [0.15, 0.2) is 65.8 Å². The molecule has 0 saturated carbocycles. The van der Waals surface area contributed by atoms with Crippen molar-refractivity contribution in [1.82, 2.24) is 9.55 Å². The summed E-state index contributed by atoms with van der Waals surface area (Å²) in [5.74, 6) is 3.29. The number of benzene rings is 3. The molecule has 4 heterocycles. The van der Waals surface area contributed by atoms with Crippen LogP contribution >= 0.6 is 0 Å². The molecule has 2 aliphatic rings. The summed E-state index contributed by atoms with van der Waals surface area (Å²) in [6.07, 6.45) is 1.89. The number of hydrogen-bond donors (Lipinski definition) is 0. The molecule has 5 nitrogen and oxygen atoms in total. The van der Waals surface area contributed by atoms with Crippen LogP contribution < -0.4 is 4.74 Å². The van der Waals surface area contributed by atoms with Gasteiger partial charge >= 0.3 is 0 Å². The molecule has 0 fully saturated rings. The second-order valence-electron chi connectivity index (χ2n) is 13.4. The first-order valence-electron chi connectivity index (χ1n) is 14.5. The zero-order valence-electron chi connectivity index (χ0n) is 25.2. The first-order chi connectivity index (χ1) is 19.4. The SMILES string of the molecule is Cc1cc(Oc2cc3c(cc2C)c2cc(C)cc4c2n3-c2ncccc2C4(C)C)cc(C2=N[C@H](C(C)(C)C)CO2)c1. The summed E-state index contributed by atoms with van der Waals surface area (Å²) < 4.78 is 15.0. The van der Waals surface area contributed by atoms with Crippen molar-refractivity contribution in [2.24, 2.45) is 10.4 Å². The lowest BCUT2D eigenvalue weighted by molar-refractivity contribution is 0.236. The highest BCUT2D eigenvalue weighted by Gasteiger charge is 2.36. The molecule has 3 aromatic carbocycles. The van der Waals surface area contributed by atoms with E-state index in [0.717, 1.165) is 39.5 Å². The molecule has 7 rings (SSSR count). The minimum atomic E-state index is -0.151. The lowest BCUT2D eigenvalue weighted by Gasteiger charge is -2.34. The van der Waals surface area contributed by atoms with Crippen LogP contribution in [-0.4, -0.2) is 28.1 Å². The molecule has 0 saturated heterocycles. The number of ether oxygens (including phenoxy) is 2. The van der Waals surface area contributed by atoms with E-state index in [9.17, 15) is 0 Å². The Bertz CT molecular complexity index is 1920. The molecule has 1 atom stereocenters. The number of nitrogens with zero attached hydrogens (tertiary/aromatic N) is 3. The van der Waals surface area contributed by atoms with Gasteiger partial charge in [0.15, 0.2) is 0 Å². The maximum atomic E-state index is 6.64. The molecular formula is C36H37N3O2. The number of rotatable bonds is 3.